The zero-order chi connectivity index (χ0) is 28.2. The quantitative estimate of drug-likeness (QED) is 0.207. The molecule has 39 heavy (non-hydrogen) atoms. The van der Waals surface area contributed by atoms with Crippen LogP contribution < -0.4 is 4.74 Å². The number of fused-ring (bicyclic) bond motifs is 1. The molecule has 0 spiro atoms. The fraction of sp³-hybridized carbons (Fsp3) is 0.379. The Labute approximate surface area is 222 Å². The zero-order valence-electron chi connectivity index (χ0n) is 21.2. The van der Waals surface area contributed by atoms with Crippen LogP contribution in [0.25, 0.3) is 10.9 Å². The van der Waals surface area contributed by atoms with E-state index in [9.17, 15) is 27.5 Å². The summed E-state index contributed by atoms with van der Waals surface area (Å²) in [4.78, 5) is 17.6. The van der Waals surface area contributed by atoms with Gasteiger partial charge in [0.25, 0.3) is 0 Å². The molecule has 1 fully saturated rings. The van der Waals surface area contributed by atoms with Gasteiger partial charge in [-0.25, -0.2) is 22.0 Å². The van der Waals surface area contributed by atoms with Crippen molar-refractivity contribution in [2.75, 3.05) is 26.7 Å². The molecule has 4 rings (SSSR count). The van der Waals surface area contributed by atoms with Gasteiger partial charge in [0.1, 0.15) is 23.6 Å². The first-order valence-corrected chi connectivity index (χ1v) is 12.4. The third-order valence-electron chi connectivity index (χ3n) is 7.27. The monoisotopic (exact) mass is 546 g/mol. The summed E-state index contributed by atoms with van der Waals surface area (Å²) in [5.41, 5.74) is -0.787. The topological polar surface area (TPSA) is 62.7 Å². The van der Waals surface area contributed by atoms with Gasteiger partial charge in [-0.1, -0.05) is 11.8 Å². The van der Waals surface area contributed by atoms with Crippen molar-refractivity contribution in [1.29, 1.82) is 0 Å². The number of aromatic nitrogens is 1. The fourth-order valence-electron chi connectivity index (χ4n) is 5.11. The number of halogens is 5. The van der Waals surface area contributed by atoms with Gasteiger partial charge in [0.15, 0.2) is 11.6 Å². The average molecular weight is 547 g/mol. The number of methoxy groups -OCH3 is 1. The third kappa shape index (κ3) is 6.66. The minimum absolute atomic E-state index is 0.0786. The molecule has 1 aliphatic rings. The normalized spacial score (nSPS) is 15.9. The third-order valence-corrected chi connectivity index (χ3v) is 7.27. The van der Waals surface area contributed by atoms with Crippen LogP contribution in [0.4, 0.5) is 22.0 Å². The van der Waals surface area contributed by atoms with Gasteiger partial charge in [0, 0.05) is 17.0 Å². The first kappa shape index (κ1) is 28.3. The number of ether oxygens (including phenoxy) is 1. The summed E-state index contributed by atoms with van der Waals surface area (Å²) >= 11 is 0. The lowest BCUT2D eigenvalue weighted by atomic mass is 9.71. The van der Waals surface area contributed by atoms with Gasteiger partial charge in [-0.3, -0.25) is 14.7 Å². The molecule has 2 aromatic carbocycles. The number of aliphatic carboxylic acids is 1. The van der Waals surface area contributed by atoms with Gasteiger partial charge in [-0.05, 0) is 68.5 Å². The molecule has 3 aromatic rings. The number of nitrogens with zero attached hydrogens (tertiary/aromatic N) is 2. The maximum atomic E-state index is 15.5. The largest absolute Gasteiger partial charge is 0.497 e. The molecule has 10 heteroatoms. The van der Waals surface area contributed by atoms with E-state index in [0.717, 1.165) is 12.3 Å². The van der Waals surface area contributed by atoms with E-state index in [1.54, 1.807) is 12.1 Å². The second kappa shape index (κ2) is 12.0. The van der Waals surface area contributed by atoms with Crippen molar-refractivity contribution in [2.24, 2.45) is 5.41 Å². The summed E-state index contributed by atoms with van der Waals surface area (Å²) in [6, 6.07) is 6.06. The van der Waals surface area contributed by atoms with Crippen molar-refractivity contribution in [3.8, 4) is 17.6 Å². The van der Waals surface area contributed by atoms with Crippen LogP contribution in [0.3, 0.4) is 0 Å². The Hall–Kier alpha value is -3.71. The van der Waals surface area contributed by atoms with Crippen LogP contribution in [0.2, 0.25) is 0 Å². The Kier molecular flexibility index (Phi) is 8.70. The molecule has 1 atom stereocenters. The van der Waals surface area contributed by atoms with E-state index in [0.29, 0.717) is 48.6 Å². The lowest BCUT2D eigenvalue weighted by Gasteiger charge is -2.41. The Bertz CT molecular complexity index is 1430. The summed E-state index contributed by atoms with van der Waals surface area (Å²) in [7, 11) is 1.45. The van der Waals surface area contributed by atoms with E-state index in [1.807, 2.05) is 4.90 Å². The number of likely N-dealkylation sites (tertiary alicyclic amines) is 1. The van der Waals surface area contributed by atoms with Crippen LogP contribution in [-0.4, -0.2) is 47.7 Å². The van der Waals surface area contributed by atoms with Crippen molar-refractivity contribution < 1.29 is 36.6 Å². The molecule has 0 amide bonds. The molecule has 206 valence electrons. The molecule has 0 radical (unpaired) electrons. The number of pyridine rings is 1. The van der Waals surface area contributed by atoms with Crippen LogP contribution >= 0.6 is 0 Å². The van der Waals surface area contributed by atoms with Crippen LogP contribution in [-0.2, 0) is 4.79 Å². The maximum Gasteiger partial charge on any atom is 0.303 e. The van der Waals surface area contributed by atoms with Crippen molar-refractivity contribution in [3.05, 3.63) is 70.9 Å². The summed E-state index contributed by atoms with van der Waals surface area (Å²) in [5.74, 6) is 0.328. The smallest absolute Gasteiger partial charge is 0.303 e. The zero-order valence-corrected chi connectivity index (χ0v) is 21.2. The predicted molar refractivity (Wildman–Crippen MR) is 135 cm³/mol. The van der Waals surface area contributed by atoms with E-state index < -0.39 is 40.8 Å². The van der Waals surface area contributed by atoms with E-state index in [-0.39, 0.29) is 36.9 Å². The van der Waals surface area contributed by atoms with Crippen molar-refractivity contribution >= 4 is 16.9 Å². The second-order valence-corrected chi connectivity index (χ2v) is 9.81. The van der Waals surface area contributed by atoms with Crippen LogP contribution in [0.5, 0.6) is 5.75 Å². The summed E-state index contributed by atoms with van der Waals surface area (Å²) < 4.78 is 76.0. The van der Waals surface area contributed by atoms with E-state index >= 15 is 4.39 Å². The number of carbonyl (C=O) groups is 1. The van der Waals surface area contributed by atoms with E-state index in [4.69, 9.17) is 4.74 Å². The lowest BCUT2D eigenvalue weighted by Crippen LogP contribution is -2.41. The molecule has 0 unspecified atom stereocenters. The molecule has 1 aliphatic heterocycles. The van der Waals surface area contributed by atoms with Gasteiger partial charge in [0.2, 0.25) is 0 Å². The summed E-state index contributed by atoms with van der Waals surface area (Å²) in [5, 5.41) is 9.85. The number of piperidine rings is 1. The highest BCUT2D eigenvalue weighted by molar-refractivity contribution is 5.84. The van der Waals surface area contributed by atoms with Crippen LogP contribution in [0.15, 0.2) is 36.5 Å². The Morgan fingerprint density at radius 1 is 1.15 bits per heavy atom. The summed E-state index contributed by atoms with van der Waals surface area (Å²) in [6.07, 6.45) is 0.145. The van der Waals surface area contributed by atoms with E-state index in [2.05, 4.69) is 16.8 Å². The molecule has 1 saturated heterocycles. The molecule has 0 aliphatic carbocycles. The van der Waals surface area contributed by atoms with Crippen molar-refractivity contribution in [3.63, 3.8) is 0 Å². The standard InChI is InChI=1S/C29H27F5N2O3/c1-39-20-4-5-25-21(15-20)27(24(33)17-35-25)22(31)6-7-29(16-26(37)38)8-11-36(12-9-29)10-2-3-18-13-19(30)14-23(32)28(18)34/h4-5,13-15,17,22H,6-12,16H2,1H3,(H,37,38)/t22-/m0/s1. The number of hydrogen-bond donors (Lipinski definition) is 1. The fourth-order valence-corrected chi connectivity index (χ4v) is 5.11. The molecular formula is C29H27F5N2O3. The van der Waals surface area contributed by atoms with Gasteiger partial charge >= 0.3 is 5.97 Å². The van der Waals surface area contributed by atoms with Gasteiger partial charge in [-0.2, -0.15) is 0 Å². The predicted octanol–water partition coefficient (Wildman–Crippen LogP) is 6.20. The van der Waals surface area contributed by atoms with Gasteiger partial charge in [-0.15, -0.1) is 0 Å². The molecule has 2 heterocycles. The number of rotatable bonds is 8. The highest BCUT2D eigenvalue weighted by Crippen LogP contribution is 2.43. The Morgan fingerprint density at radius 2 is 1.90 bits per heavy atom. The number of carboxylic acid groups (broad SMARTS) is 1. The first-order chi connectivity index (χ1) is 18.6. The molecule has 1 N–H and O–H groups in total. The second-order valence-electron chi connectivity index (χ2n) is 9.81. The lowest BCUT2D eigenvalue weighted by molar-refractivity contribution is -0.141. The summed E-state index contributed by atoms with van der Waals surface area (Å²) in [6.45, 7) is 1.08. The van der Waals surface area contributed by atoms with Crippen molar-refractivity contribution in [1.82, 2.24) is 9.88 Å². The first-order valence-electron chi connectivity index (χ1n) is 12.4. The van der Waals surface area contributed by atoms with Crippen LogP contribution in [0, 0.1) is 40.5 Å². The van der Waals surface area contributed by atoms with Crippen molar-refractivity contribution in [2.45, 2.75) is 38.3 Å². The Morgan fingerprint density at radius 3 is 2.59 bits per heavy atom. The number of benzene rings is 2. The highest BCUT2D eigenvalue weighted by atomic mass is 19.2. The minimum Gasteiger partial charge on any atom is -0.497 e. The molecule has 5 nitrogen and oxygen atoms in total. The van der Waals surface area contributed by atoms with Crippen LogP contribution in [0.1, 0.15) is 49.4 Å². The SMILES string of the molecule is COc1ccc2ncc(F)c([C@@H](F)CCC3(CC(=O)O)CCN(CC#Cc4cc(F)cc(F)c4F)CC3)c2c1. The molecule has 1 aromatic heterocycles. The van der Waals surface area contributed by atoms with Gasteiger partial charge in [0.05, 0.1) is 37.4 Å². The minimum atomic E-state index is -1.68. The number of alkyl halides is 1. The average Bonchev–Trinajstić information content (AvgIpc) is 2.90. The molecular weight excluding hydrogens is 519 g/mol. The van der Waals surface area contributed by atoms with Gasteiger partial charge < -0.3 is 9.84 Å². The number of hydrogen-bond acceptors (Lipinski definition) is 4. The molecule has 0 saturated carbocycles. The number of carboxylic acids is 1. The van der Waals surface area contributed by atoms with E-state index in [1.165, 1.54) is 13.2 Å². The molecule has 0 bridgehead atoms. The Balaban J connectivity index is 1.44. The maximum absolute atomic E-state index is 15.5. The highest BCUT2D eigenvalue weighted by Gasteiger charge is 2.37.